The maximum absolute atomic E-state index is 6.23. The summed E-state index contributed by atoms with van der Waals surface area (Å²) in [6.45, 7) is 10.2. The van der Waals surface area contributed by atoms with Crippen LogP contribution in [0.3, 0.4) is 0 Å². The molecule has 0 bridgehead atoms. The monoisotopic (exact) mass is 500 g/mol. The molecule has 196 valence electrons. The molecule has 4 unspecified atom stereocenters. The summed E-state index contributed by atoms with van der Waals surface area (Å²) in [6, 6.07) is 0.548. The number of hydrogen-bond acceptors (Lipinski definition) is 3. The zero-order valence-electron chi connectivity index (χ0n) is 22.4. The number of likely N-dealkylation sites (tertiary alicyclic amines) is 1. The minimum Gasteiger partial charge on any atom is -0.380 e. The summed E-state index contributed by atoms with van der Waals surface area (Å²) in [5.41, 5.74) is 3.04. The van der Waals surface area contributed by atoms with Crippen molar-refractivity contribution < 1.29 is 4.74 Å². The third-order valence-corrected chi connectivity index (χ3v) is 9.19. The smallest absolute Gasteiger partial charge is 0.0673 e. The summed E-state index contributed by atoms with van der Waals surface area (Å²) in [7, 11) is 1.84. The molecule has 35 heavy (non-hydrogen) atoms. The van der Waals surface area contributed by atoms with Crippen molar-refractivity contribution in [3.8, 4) is 0 Å². The average Bonchev–Trinajstić information content (AvgIpc) is 2.88. The van der Waals surface area contributed by atoms with Gasteiger partial charge in [-0.05, 0) is 105 Å². The van der Waals surface area contributed by atoms with Crippen LogP contribution in [-0.4, -0.2) is 56.2 Å². The predicted molar refractivity (Wildman–Crippen MR) is 150 cm³/mol. The lowest BCUT2D eigenvalue weighted by Gasteiger charge is -2.38. The van der Waals surface area contributed by atoms with Gasteiger partial charge in [-0.25, -0.2) is 0 Å². The highest BCUT2D eigenvalue weighted by molar-refractivity contribution is 6.22. The summed E-state index contributed by atoms with van der Waals surface area (Å²) in [4.78, 5) is 2.70. The fourth-order valence-electron chi connectivity index (χ4n) is 6.73. The highest BCUT2D eigenvalue weighted by Gasteiger charge is 2.30. The third kappa shape index (κ3) is 8.06. The molecule has 0 aromatic rings. The molecule has 3 aliphatic carbocycles. The Bertz CT molecular complexity index is 777. The number of rotatable bonds is 10. The van der Waals surface area contributed by atoms with Gasteiger partial charge >= 0.3 is 0 Å². The summed E-state index contributed by atoms with van der Waals surface area (Å²) in [5.74, 6) is 3.52. The van der Waals surface area contributed by atoms with Gasteiger partial charge in [0.25, 0.3) is 0 Å². The molecule has 0 aromatic heterocycles. The second-order valence-corrected chi connectivity index (χ2v) is 12.4. The zero-order valence-corrected chi connectivity index (χ0v) is 23.2. The van der Waals surface area contributed by atoms with Crippen LogP contribution in [0.1, 0.15) is 65.2 Å². The lowest BCUT2D eigenvalue weighted by Crippen LogP contribution is -2.48. The molecule has 4 aliphatic rings. The molecule has 4 heteroatoms. The predicted octanol–water partition coefficient (Wildman–Crippen LogP) is 6.76. The fourth-order valence-corrected chi connectivity index (χ4v) is 6.89. The van der Waals surface area contributed by atoms with E-state index in [2.05, 4.69) is 60.5 Å². The SMILES string of the molecule is COCC1=CC(CN[C@@H](CN2CCC(C3=CCC(Cl)C=C3)CC2)C(C)C)CC(C2C=CCCC2)C1. The lowest BCUT2D eigenvalue weighted by atomic mass is 9.73. The Morgan fingerprint density at radius 3 is 2.66 bits per heavy atom. The Labute approximate surface area is 220 Å². The first kappa shape index (κ1) is 27.2. The van der Waals surface area contributed by atoms with Gasteiger partial charge in [0.15, 0.2) is 0 Å². The Hall–Kier alpha value is -0.870. The van der Waals surface area contributed by atoms with Crippen molar-refractivity contribution in [3.63, 3.8) is 0 Å². The number of alkyl halides is 1. The normalized spacial score (nSPS) is 31.5. The number of methoxy groups -OCH3 is 1. The second-order valence-electron chi connectivity index (χ2n) is 11.9. The van der Waals surface area contributed by atoms with Crippen LogP contribution in [0.2, 0.25) is 0 Å². The molecular weight excluding hydrogens is 452 g/mol. The van der Waals surface area contributed by atoms with Gasteiger partial charge < -0.3 is 15.0 Å². The molecule has 0 radical (unpaired) electrons. The number of nitrogens with one attached hydrogen (secondary N) is 1. The topological polar surface area (TPSA) is 24.5 Å². The first-order valence-corrected chi connectivity index (χ1v) is 14.8. The van der Waals surface area contributed by atoms with E-state index in [1.165, 1.54) is 75.7 Å². The Kier molecular flexibility index (Phi) is 10.6. The average molecular weight is 501 g/mol. The van der Waals surface area contributed by atoms with E-state index in [4.69, 9.17) is 16.3 Å². The summed E-state index contributed by atoms with van der Waals surface area (Å²) in [6.07, 6.45) is 24.4. The highest BCUT2D eigenvalue weighted by atomic mass is 35.5. The first-order chi connectivity index (χ1) is 17.0. The molecule has 0 aromatic carbocycles. The van der Waals surface area contributed by atoms with E-state index in [9.17, 15) is 0 Å². The van der Waals surface area contributed by atoms with Crippen LogP contribution in [0, 0.1) is 29.6 Å². The van der Waals surface area contributed by atoms with E-state index in [0.29, 0.717) is 17.9 Å². The lowest BCUT2D eigenvalue weighted by molar-refractivity contribution is 0.163. The molecule has 0 spiro atoms. The van der Waals surface area contributed by atoms with Crippen molar-refractivity contribution in [2.24, 2.45) is 29.6 Å². The molecule has 0 amide bonds. The van der Waals surface area contributed by atoms with Crippen molar-refractivity contribution >= 4 is 11.6 Å². The highest BCUT2D eigenvalue weighted by Crippen LogP contribution is 2.38. The quantitative estimate of drug-likeness (QED) is 0.265. The Morgan fingerprint density at radius 1 is 1.17 bits per heavy atom. The van der Waals surface area contributed by atoms with Crippen LogP contribution in [0.4, 0.5) is 0 Å². The van der Waals surface area contributed by atoms with E-state index < -0.39 is 0 Å². The fraction of sp³-hybridized carbons (Fsp3) is 0.742. The largest absolute Gasteiger partial charge is 0.380 e. The molecule has 1 saturated heterocycles. The van der Waals surface area contributed by atoms with Gasteiger partial charge in [-0.1, -0.05) is 50.3 Å². The van der Waals surface area contributed by atoms with Gasteiger partial charge in [-0.3, -0.25) is 0 Å². The van der Waals surface area contributed by atoms with Crippen LogP contribution < -0.4 is 5.32 Å². The Morgan fingerprint density at radius 2 is 2.00 bits per heavy atom. The molecule has 3 nitrogen and oxygen atoms in total. The number of hydrogen-bond donors (Lipinski definition) is 1. The molecule has 0 saturated carbocycles. The van der Waals surface area contributed by atoms with Crippen LogP contribution in [0.25, 0.3) is 0 Å². The molecule has 1 fully saturated rings. The van der Waals surface area contributed by atoms with Gasteiger partial charge in [0.2, 0.25) is 0 Å². The number of piperidine rings is 1. The van der Waals surface area contributed by atoms with E-state index in [0.717, 1.165) is 37.3 Å². The standard InChI is InChI=1S/C31H49ClN2O/c1-23(2)31(21-34-15-13-28(14-16-34)27-9-11-30(32)12-10-27)33-20-24-17-25(22-35-3)19-29(18-24)26-7-5-4-6-8-26/h5,7,9-11,17,23-24,26,28-31,33H,4,6,8,12-16,18-22H2,1-3H3/t24?,26?,29?,30?,31-/m0/s1. The number of nitrogens with zero attached hydrogens (tertiary/aromatic N) is 1. The van der Waals surface area contributed by atoms with Crippen molar-refractivity contribution in [3.05, 3.63) is 47.6 Å². The summed E-state index contributed by atoms with van der Waals surface area (Å²) < 4.78 is 5.56. The zero-order chi connectivity index (χ0) is 24.6. The minimum atomic E-state index is 0.190. The van der Waals surface area contributed by atoms with E-state index >= 15 is 0 Å². The molecular formula is C31H49ClN2O. The molecule has 5 atom stereocenters. The van der Waals surface area contributed by atoms with E-state index in [1.807, 2.05) is 7.11 Å². The van der Waals surface area contributed by atoms with Crippen molar-refractivity contribution in [1.29, 1.82) is 0 Å². The van der Waals surface area contributed by atoms with Gasteiger partial charge in [0.05, 0.1) is 12.0 Å². The first-order valence-electron chi connectivity index (χ1n) is 14.3. The van der Waals surface area contributed by atoms with Crippen LogP contribution in [0.5, 0.6) is 0 Å². The van der Waals surface area contributed by atoms with E-state index in [-0.39, 0.29) is 5.38 Å². The number of allylic oxidation sites excluding steroid dienone is 6. The van der Waals surface area contributed by atoms with Gasteiger partial charge in [0.1, 0.15) is 0 Å². The summed E-state index contributed by atoms with van der Waals surface area (Å²) in [5, 5.41) is 4.21. The number of ether oxygens (including phenoxy) is 1. The Balaban J connectivity index is 1.28. The summed E-state index contributed by atoms with van der Waals surface area (Å²) >= 11 is 6.23. The van der Waals surface area contributed by atoms with Crippen molar-refractivity contribution in [1.82, 2.24) is 10.2 Å². The molecule has 1 N–H and O–H groups in total. The maximum atomic E-state index is 6.23. The maximum Gasteiger partial charge on any atom is 0.0673 e. The number of halogens is 1. The second kappa shape index (κ2) is 13.6. The van der Waals surface area contributed by atoms with Crippen LogP contribution in [0.15, 0.2) is 47.6 Å². The van der Waals surface area contributed by atoms with Gasteiger partial charge in [-0.2, -0.15) is 0 Å². The molecule has 1 heterocycles. The van der Waals surface area contributed by atoms with Gasteiger partial charge in [-0.15, -0.1) is 11.6 Å². The molecule has 4 rings (SSSR count). The van der Waals surface area contributed by atoms with E-state index in [1.54, 1.807) is 0 Å². The third-order valence-electron chi connectivity index (χ3n) is 8.87. The van der Waals surface area contributed by atoms with Crippen molar-refractivity contribution in [2.75, 3.05) is 39.9 Å². The van der Waals surface area contributed by atoms with Crippen LogP contribution >= 0.6 is 11.6 Å². The van der Waals surface area contributed by atoms with Crippen LogP contribution in [-0.2, 0) is 4.74 Å². The molecule has 1 aliphatic heterocycles. The minimum absolute atomic E-state index is 0.190. The van der Waals surface area contributed by atoms with Gasteiger partial charge in [0, 0.05) is 26.2 Å². The van der Waals surface area contributed by atoms with Crippen molar-refractivity contribution in [2.45, 2.75) is 76.6 Å².